The zero-order valence-corrected chi connectivity index (χ0v) is 18.7. The molecule has 162 valence electrons. The van der Waals surface area contributed by atoms with Crippen LogP contribution in [0.4, 0.5) is 5.82 Å². The van der Waals surface area contributed by atoms with E-state index in [-0.39, 0.29) is 5.97 Å². The van der Waals surface area contributed by atoms with Gasteiger partial charge in [0.05, 0.1) is 18.1 Å². The maximum Gasteiger partial charge on any atom is 0.306 e. The first kappa shape index (κ1) is 21.8. The standard InChI is InChI=1S/C22H31N5O3/c1-14-12-16(29-6)13-17-19(14)27-15(2)25-26-21(27)20(24-17)23-11-9-7-8-10-18(28)30-22(3,4)5/h12-13H,7-11H2,1-6H3,(H,23,24). The Morgan fingerprint density at radius 3 is 2.60 bits per heavy atom. The molecule has 0 radical (unpaired) electrons. The van der Waals surface area contributed by atoms with Crippen LogP contribution in [0.15, 0.2) is 12.1 Å². The molecule has 2 heterocycles. The van der Waals surface area contributed by atoms with Crippen molar-refractivity contribution >= 4 is 28.5 Å². The molecule has 0 amide bonds. The number of aromatic nitrogens is 4. The fraction of sp³-hybridized carbons (Fsp3) is 0.545. The first-order valence-corrected chi connectivity index (χ1v) is 10.4. The lowest BCUT2D eigenvalue weighted by atomic mass is 10.1. The summed E-state index contributed by atoms with van der Waals surface area (Å²) in [6.07, 6.45) is 3.09. The molecule has 0 fully saturated rings. The third-order valence-corrected chi connectivity index (χ3v) is 4.75. The van der Waals surface area contributed by atoms with Gasteiger partial charge in [0.15, 0.2) is 5.82 Å². The number of fused-ring (bicyclic) bond motifs is 3. The minimum Gasteiger partial charge on any atom is -0.497 e. The zero-order valence-electron chi connectivity index (χ0n) is 18.7. The van der Waals surface area contributed by atoms with Crippen LogP contribution in [0.1, 0.15) is 57.8 Å². The van der Waals surface area contributed by atoms with Crippen molar-refractivity contribution in [1.82, 2.24) is 19.6 Å². The summed E-state index contributed by atoms with van der Waals surface area (Å²) < 4.78 is 12.8. The van der Waals surface area contributed by atoms with E-state index >= 15 is 0 Å². The smallest absolute Gasteiger partial charge is 0.306 e. The molecule has 0 spiro atoms. The molecule has 3 aromatic rings. The molecule has 0 unspecified atom stereocenters. The quantitative estimate of drug-likeness (QED) is 0.437. The van der Waals surface area contributed by atoms with Gasteiger partial charge in [-0.2, -0.15) is 0 Å². The first-order chi connectivity index (χ1) is 14.2. The molecular formula is C22H31N5O3. The van der Waals surface area contributed by atoms with Crippen molar-refractivity contribution in [3.63, 3.8) is 0 Å². The van der Waals surface area contributed by atoms with Gasteiger partial charge >= 0.3 is 5.97 Å². The van der Waals surface area contributed by atoms with Gasteiger partial charge in [-0.25, -0.2) is 4.98 Å². The van der Waals surface area contributed by atoms with E-state index in [4.69, 9.17) is 14.5 Å². The highest BCUT2D eigenvalue weighted by atomic mass is 16.6. The summed E-state index contributed by atoms with van der Waals surface area (Å²) in [7, 11) is 1.65. The molecular weight excluding hydrogens is 382 g/mol. The van der Waals surface area contributed by atoms with E-state index in [1.54, 1.807) is 7.11 Å². The molecule has 8 heteroatoms. The average Bonchev–Trinajstić information content (AvgIpc) is 3.04. The summed E-state index contributed by atoms with van der Waals surface area (Å²) >= 11 is 0. The Balaban J connectivity index is 1.67. The van der Waals surface area contributed by atoms with Gasteiger partial charge in [-0.05, 0) is 59.1 Å². The maximum atomic E-state index is 11.8. The summed E-state index contributed by atoms with van der Waals surface area (Å²) in [6, 6.07) is 3.91. The lowest BCUT2D eigenvalue weighted by Gasteiger charge is -2.19. The molecule has 0 aliphatic heterocycles. The van der Waals surface area contributed by atoms with Gasteiger partial charge in [-0.1, -0.05) is 6.42 Å². The summed E-state index contributed by atoms with van der Waals surface area (Å²) in [5.74, 6) is 2.14. The number of aryl methyl sites for hydroxylation is 2. The van der Waals surface area contributed by atoms with Gasteiger partial charge in [-0.15, -0.1) is 10.2 Å². The predicted octanol–water partition coefficient (Wildman–Crippen LogP) is 4.22. The summed E-state index contributed by atoms with van der Waals surface area (Å²) in [6.45, 7) is 10.4. The molecule has 3 rings (SSSR count). The number of hydrogen-bond donors (Lipinski definition) is 1. The van der Waals surface area contributed by atoms with E-state index in [1.807, 2.05) is 51.2 Å². The molecule has 2 aromatic heterocycles. The number of rotatable bonds is 8. The summed E-state index contributed by atoms with van der Waals surface area (Å²) in [4.78, 5) is 16.6. The monoisotopic (exact) mass is 413 g/mol. The Morgan fingerprint density at radius 2 is 1.90 bits per heavy atom. The Labute approximate surface area is 177 Å². The fourth-order valence-corrected chi connectivity index (χ4v) is 3.47. The van der Waals surface area contributed by atoms with E-state index in [0.29, 0.717) is 17.9 Å². The number of nitrogens with zero attached hydrogens (tertiary/aromatic N) is 4. The van der Waals surface area contributed by atoms with Crippen LogP contribution in [-0.2, 0) is 9.53 Å². The molecule has 1 N–H and O–H groups in total. The van der Waals surface area contributed by atoms with E-state index in [0.717, 1.165) is 54.0 Å². The molecule has 0 aliphatic rings. The van der Waals surface area contributed by atoms with Crippen molar-refractivity contribution in [2.75, 3.05) is 19.0 Å². The minimum absolute atomic E-state index is 0.142. The molecule has 0 aliphatic carbocycles. The van der Waals surface area contributed by atoms with Crippen LogP contribution >= 0.6 is 0 Å². The largest absolute Gasteiger partial charge is 0.497 e. The lowest BCUT2D eigenvalue weighted by molar-refractivity contribution is -0.154. The van der Waals surface area contributed by atoms with Gasteiger partial charge in [0, 0.05) is 19.0 Å². The fourth-order valence-electron chi connectivity index (χ4n) is 3.47. The number of ether oxygens (including phenoxy) is 2. The zero-order chi connectivity index (χ0) is 21.9. The summed E-state index contributed by atoms with van der Waals surface area (Å²) in [5, 5.41) is 12.0. The van der Waals surface area contributed by atoms with Crippen LogP contribution in [0.2, 0.25) is 0 Å². The molecule has 0 saturated heterocycles. The Bertz CT molecular complexity index is 1050. The number of carbonyl (C=O) groups excluding carboxylic acids is 1. The van der Waals surface area contributed by atoms with Crippen LogP contribution in [0.25, 0.3) is 16.7 Å². The number of nitrogens with one attached hydrogen (secondary N) is 1. The van der Waals surface area contributed by atoms with Gasteiger partial charge in [0.25, 0.3) is 0 Å². The Hall–Kier alpha value is -2.90. The van der Waals surface area contributed by atoms with Crippen molar-refractivity contribution in [2.24, 2.45) is 0 Å². The molecule has 0 saturated carbocycles. The van der Waals surface area contributed by atoms with E-state index in [9.17, 15) is 4.79 Å². The van der Waals surface area contributed by atoms with Crippen molar-refractivity contribution in [3.8, 4) is 5.75 Å². The second kappa shape index (κ2) is 8.85. The SMILES string of the molecule is COc1cc(C)c2c(c1)nc(NCCCCCC(=O)OC(C)(C)C)c1nnc(C)n12. The normalized spacial score (nSPS) is 11.8. The highest BCUT2D eigenvalue weighted by Gasteiger charge is 2.17. The molecule has 8 nitrogen and oxygen atoms in total. The number of esters is 1. The van der Waals surface area contributed by atoms with E-state index in [1.165, 1.54) is 0 Å². The second-order valence-corrected chi connectivity index (χ2v) is 8.50. The van der Waals surface area contributed by atoms with Crippen LogP contribution in [0.3, 0.4) is 0 Å². The number of methoxy groups -OCH3 is 1. The van der Waals surface area contributed by atoms with E-state index in [2.05, 4.69) is 15.5 Å². The second-order valence-electron chi connectivity index (χ2n) is 8.50. The van der Waals surface area contributed by atoms with E-state index < -0.39 is 5.60 Å². The molecule has 30 heavy (non-hydrogen) atoms. The van der Waals surface area contributed by atoms with Crippen LogP contribution in [0.5, 0.6) is 5.75 Å². The van der Waals surface area contributed by atoms with Crippen molar-refractivity contribution in [1.29, 1.82) is 0 Å². The molecule has 0 bridgehead atoms. The van der Waals surface area contributed by atoms with Gasteiger partial charge in [0.1, 0.15) is 17.2 Å². The minimum atomic E-state index is -0.427. The maximum absolute atomic E-state index is 11.8. The lowest BCUT2D eigenvalue weighted by Crippen LogP contribution is -2.23. The van der Waals surface area contributed by atoms with Crippen molar-refractivity contribution < 1.29 is 14.3 Å². The topological polar surface area (TPSA) is 90.6 Å². The number of carbonyl (C=O) groups is 1. The van der Waals surface area contributed by atoms with Crippen LogP contribution in [0, 0.1) is 13.8 Å². The number of hydrogen-bond acceptors (Lipinski definition) is 7. The average molecular weight is 414 g/mol. The van der Waals surface area contributed by atoms with Gasteiger partial charge in [-0.3, -0.25) is 9.20 Å². The predicted molar refractivity (Wildman–Crippen MR) is 117 cm³/mol. The number of anilines is 1. The third kappa shape index (κ3) is 4.98. The van der Waals surface area contributed by atoms with Crippen LogP contribution < -0.4 is 10.1 Å². The van der Waals surface area contributed by atoms with Crippen LogP contribution in [-0.4, -0.2) is 44.8 Å². The highest BCUT2D eigenvalue weighted by molar-refractivity contribution is 5.86. The van der Waals surface area contributed by atoms with Gasteiger partial charge in [0.2, 0.25) is 5.65 Å². The number of unbranched alkanes of at least 4 members (excludes halogenated alkanes) is 2. The van der Waals surface area contributed by atoms with Crippen molar-refractivity contribution in [3.05, 3.63) is 23.5 Å². The van der Waals surface area contributed by atoms with Gasteiger partial charge < -0.3 is 14.8 Å². The summed E-state index contributed by atoms with van der Waals surface area (Å²) in [5.41, 5.74) is 3.15. The molecule has 1 aromatic carbocycles. The first-order valence-electron chi connectivity index (χ1n) is 10.4. The Morgan fingerprint density at radius 1 is 1.13 bits per heavy atom. The Kier molecular flexibility index (Phi) is 6.43. The third-order valence-electron chi connectivity index (χ3n) is 4.75. The highest BCUT2D eigenvalue weighted by Crippen LogP contribution is 2.28. The molecule has 0 atom stereocenters. The number of benzene rings is 1. The van der Waals surface area contributed by atoms with Crippen molar-refractivity contribution in [2.45, 2.75) is 65.9 Å².